The third kappa shape index (κ3) is 12.0. The fourth-order valence-corrected chi connectivity index (χ4v) is 5.08. The van der Waals surface area contributed by atoms with E-state index in [1.807, 2.05) is 0 Å². The van der Waals surface area contributed by atoms with Crippen molar-refractivity contribution in [3.8, 4) is 11.5 Å². The lowest BCUT2D eigenvalue weighted by molar-refractivity contribution is 0.0508. The fourth-order valence-electron chi connectivity index (χ4n) is 5.08. The molecule has 0 N–H and O–H groups in total. The van der Waals surface area contributed by atoms with Gasteiger partial charge >= 0.3 is 0 Å². The number of benzene rings is 2. The molecule has 3 nitrogen and oxygen atoms in total. The maximum absolute atomic E-state index is 6.65. The molecule has 2 rings (SSSR count). The van der Waals surface area contributed by atoms with Gasteiger partial charge in [-0.1, -0.05) is 127 Å². The van der Waals surface area contributed by atoms with E-state index >= 15 is 0 Å². The predicted molar refractivity (Wildman–Crippen MR) is 158 cm³/mol. The van der Waals surface area contributed by atoms with Gasteiger partial charge in [0.25, 0.3) is 0 Å². The van der Waals surface area contributed by atoms with E-state index in [0.29, 0.717) is 13.2 Å². The maximum Gasteiger partial charge on any atom is 0.133 e. The molecular weight excluding hydrogens is 456 g/mol. The summed E-state index contributed by atoms with van der Waals surface area (Å²) in [6.07, 6.45) is 17.6. The lowest BCUT2D eigenvalue weighted by atomic mass is 10.00. The van der Waals surface area contributed by atoms with E-state index in [4.69, 9.17) is 14.2 Å². The molecule has 0 heterocycles. The minimum Gasteiger partial charge on any atom is -0.457 e. The molecule has 0 amide bonds. The summed E-state index contributed by atoms with van der Waals surface area (Å²) >= 11 is 0. The first-order valence-electron chi connectivity index (χ1n) is 15.3. The van der Waals surface area contributed by atoms with Crippen LogP contribution in [0.2, 0.25) is 0 Å². The Morgan fingerprint density at radius 3 is 1.27 bits per heavy atom. The molecule has 0 aliphatic carbocycles. The van der Waals surface area contributed by atoms with E-state index < -0.39 is 0 Å². The average molecular weight is 511 g/mol. The minimum atomic E-state index is 0.0605. The zero-order valence-electron chi connectivity index (χ0n) is 24.3. The third-order valence-electron chi connectivity index (χ3n) is 7.13. The van der Waals surface area contributed by atoms with Gasteiger partial charge in [0.05, 0.1) is 12.2 Å². The number of rotatable bonds is 22. The van der Waals surface area contributed by atoms with Gasteiger partial charge in [-0.2, -0.15) is 0 Å². The van der Waals surface area contributed by atoms with Gasteiger partial charge in [0.15, 0.2) is 0 Å². The quantitative estimate of drug-likeness (QED) is 0.147. The molecule has 2 atom stereocenters. The average Bonchev–Trinajstić information content (AvgIpc) is 2.92. The molecule has 0 aliphatic rings. The minimum absolute atomic E-state index is 0.0605. The van der Waals surface area contributed by atoms with Crippen molar-refractivity contribution in [2.24, 2.45) is 0 Å². The van der Waals surface area contributed by atoms with Crippen molar-refractivity contribution >= 4 is 0 Å². The Bertz CT molecular complexity index is 751. The molecule has 37 heavy (non-hydrogen) atoms. The van der Waals surface area contributed by atoms with Crippen LogP contribution in [-0.4, -0.2) is 13.2 Å². The second kappa shape index (κ2) is 20.2. The summed E-state index contributed by atoms with van der Waals surface area (Å²) < 4.78 is 19.1. The van der Waals surface area contributed by atoms with Gasteiger partial charge in [-0.25, -0.2) is 0 Å². The van der Waals surface area contributed by atoms with Gasteiger partial charge in [0, 0.05) is 24.3 Å². The fraction of sp³-hybridized carbons (Fsp3) is 0.647. The summed E-state index contributed by atoms with van der Waals surface area (Å²) in [5, 5.41) is 0. The van der Waals surface area contributed by atoms with E-state index in [2.05, 4.69) is 76.2 Å². The van der Waals surface area contributed by atoms with E-state index in [9.17, 15) is 0 Å². The molecule has 3 heteroatoms. The molecule has 0 saturated heterocycles. The topological polar surface area (TPSA) is 27.7 Å². The van der Waals surface area contributed by atoms with Crippen molar-refractivity contribution in [3.63, 3.8) is 0 Å². The molecule has 0 aromatic heterocycles. The molecule has 2 unspecified atom stereocenters. The Hall–Kier alpha value is -1.84. The Labute approximate surface area is 228 Å². The monoisotopic (exact) mass is 510 g/mol. The van der Waals surface area contributed by atoms with E-state index in [-0.39, 0.29) is 12.2 Å². The second-order valence-electron chi connectivity index (χ2n) is 10.2. The van der Waals surface area contributed by atoms with Crippen molar-refractivity contribution in [1.82, 2.24) is 0 Å². The van der Waals surface area contributed by atoms with Gasteiger partial charge in [0.2, 0.25) is 0 Å². The molecule has 0 bridgehead atoms. The zero-order valence-corrected chi connectivity index (χ0v) is 24.3. The molecule has 0 aliphatic heterocycles. The van der Waals surface area contributed by atoms with Crippen LogP contribution in [0.4, 0.5) is 0 Å². The summed E-state index contributed by atoms with van der Waals surface area (Å²) in [4.78, 5) is 0. The normalized spacial score (nSPS) is 13.0. The van der Waals surface area contributed by atoms with Crippen molar-refractivity contribution in [2.75, 3.05) is 13.2 Å². The van der Waals surface area contributed by atoms with E-state index in [1.165, 1.54) is 77.0 Å². The third-order valence-corrected chi connectivity index (χ3v) is 7.13. The molecule has 2 aromatic carbocycles. The first-order valence-corrected chi connectivity index (χ1v) is 15.3. The smallest absolute Gasteiger partial charge is 0.133 e. The highest BCUT2D eigenvalue weighted by molar-refractivity contribution is 5.43. The lowest BCUT2D eigenvalue weighted by Crippen LogP contribution is -2.08. The molecule has 0 spiro atoms. The number of hydrogen-bond acceptors (Lipinski definition) is 3. The molecule has 0 radical (unpaired) electrons. The van der Waals surface area contributed by atoms with Gasteiger partial charge in [-0.05, 0) is 38.8 Å². The van der Waals surface area contributed by atoms with Crippen LogP contribution in [0.15, 0.2) is 48.5 Å². The summed E-state index contributed by atoms with van der Waals surface area (Å²) in [7, 11) is 0. The van der Waals surface area contributed by atoms with Gasteiger partial charge < -0.3 is 14.2 Å². The van der Waals surface area contributed by atoms with Gasteiger partial charge in [-0.3, -0.25) is 0 Å². The zero-order chi connectivity index (χ0) is 26.6. The number of hydrogen-bond donors (Lipinski definition) is 0. The highest BCUT2D eigenvalue weighted by Gasteiger charge is 2.20. The summed E-state index contributed by atoms with van der Waals surface area (Å²) in [6.45, 7) is 10.1. The number of para-hydroxylation sites is 2. The predicted octanol–water partition coefficient (Wildman–Crippen LogP) is 11.1. The molecule has 208 valence electrons. The summed E-state index contributed by atoms with van der Waals surface area (Å²) in [6, 6.07) is 16.8. The van der Waals surface area contributed by atoms with Gasteiger partial charge in [0.1, 0.15) is 11.5 Å². The van der Waals surface area contributed by atoms with Crippen LogP contribution in [0.25, 0.3) is 0 Å². The highest BCUT2D eigenvalue weighted by Crippen LogP contribution is 2.38. The van der Waals surface area contributed by atoms with Gasteiger partial charge in [-0.15, -0.1) is 0 Å². The lowest BCUT2D eigenvalue weighted by Gasteiger charge is -2.23. The first kappa shape index (κ1) is 31.4. The van der Waals surface area contributed by atoms with Crippen molar-refractivity contribution < 1.29 is 14.2 Å². The maximum atomic E-state index is 6.65. The van der Waals surface area contributed by atoms with Crippen LogP contribution in [0.1, 0.15) is 141 Å². The van der Waals surface area contributed by atoms with E-state index in [1.54, 1.807) is 0 Å². The number of ether oxygens (including phenoxy) is 3. The van der Waals surface area contributed by atoms with Crippen LogP contribution in [-0.2, 0) is 9.47 Å². The Balaban J connectivity index is 2.12. The first-order chi connectivity index (χ1) is 18.2. The van der Waals surface area contributed by atoms with Crippen molar-refractivity contribution in [3.05, 3.63) is 59.7 Å². The molecule has 2 aromatic rings. The molecule has 0 saturated carbocycles. The standard InChI is InChI=1S/C34H54O3/c1-5-9-11-13-15-17-25-31(35-7-3)29-23-19-21-27-33(29)37-34-28-22-20-24-30(34)32(36-8-4)26-18-16-14-12-10-6-2/h19-24,27-28,31-32H,5-18,25-26H2,1-4H3. The Morgan fingerprint density at radius 2 is 0.865 bits per heavy atom. The SMILES string of the molecule is CCCCCCCCC(OCC)c1ccccc1Oc1ccccc1C(CCCCCCCC)OCC. The summed E-state index contributed by atoms with van der Waals surface area (Å²) in [5.74, 6) is 1.79. The van der Waals surface area contributed by atoms with Crippen LogP contribution in [0.3, 0.4) is 0 Å². The molecular formula is C34H54O3. The largest absolute Gasteiger partial charge is 0.457 e. The van der Waals surface area contributed by atoms with Crippen molar-refractivity contribution in [2.45, 2.75) is 130 Å². The van der Waals surface area contributed by atoms with E-state index in [0.717, 1.165) is 35.5 Å². The van der Waals surface area contributed by atoms with Crippen LogP contribution in [0.5, 0.6) is 11.5 Å². The second-order valence-corrected chi connectivity index (χ2v) is 10.2. The van der Waals surface area contributed by atoms with Crippen LogP contribution < -0.4 is 4.74 Å². The van der Waals surface area contributed by atoms with Crippen LogP contribution >= 0.6 is 0 Å². The van der Waals surface area contributed by atoms with Crippen LogP contribution in [0, 0.1) is 0 Å². The Morgan fingerprint density at radius 1 is 0.486 bits per heavy atom. The molecule has 0 fully saturated rings. The Kier molecular flexibility index (Phi) is 17.1. The summed E-state index contributed by atoms with van der Waals surface area (Å²) in [5.41, 5.74) is 2.30. The highest BCUT2D eigenvalue weighted by atomic mass is 16.5. The number of unbranched alkanes of at least 4 members (excludes halogenated alkanes) is 10. The van der Waals surface area contributed by atoms with Crippen molar-refractivity contribution in [1.29, 1.82) is 0 Å².